The summed E-state index contributed by atoms with van der Waals surface area (Å²) < 4.78 is 38.7. The van der Waals surface area contributed by atoms with Crippen LogP contribution in [0, 0.1) is 0 Å². The van der Waals surface area contributed by atoms with Gasteiger partial charge in [0.1, 0.15) is 0 Å². The van der Waals surface area contributed by atoms with E-state index < -0.39 is 10.0 Å². The highest BCUT2D eigenvalue weighted by Crippen LogP contribution is 2.34. The first kappa shape index (κ1) is 22.1. The van der Waals surface area contributed by atoms with Crippen LogP contribution in [0.1, 0.15) is 31.4 Å². The number of methoxy groups -OCH3 is 2. The Morgan fingerprint density at radius 2 is 1.87 bits per heavy atom. The third-order valence-electron chi connectivity index (χ3n) is 5.30. The molecule has 7 nitrogen and oxygen atoms in total. The maximum absolute atomic E-state index is 12.8. The van der Waals surface area contributed by atoms with Crippen molar-refractivity contribution in [1.82, 2.24) is 4.72 Å². The molecule has 0 bridgehead atoms. The van der Waals surface area contributed by atoms with Crippen LogP contribution in [0.4, 0.5) is 5.69 Å². The highest BCUT2D eigenvalue weighted by molar-refractivity contribution is 7.89. The number of ether oxygens (including phenoxy) is 2. The first-order valence-corrected chi connectivity index (χ1v) is 11.4. The van der Waals surface area contributed by atoms with Crippen molar-refractivity contribution >= 4 is 21.6 Å². The van der Waals surface area contributed by atoms with E-state index in [0.29, 0.717) is 30.8 Å². The molecule has 0 fully saturated rings. The molecule has 0 saturated carbocycles. The Labute approximate surface area is 178 Å². The number of sulfonamides is 1. The topological polar surface area (TPSA) is 84.9 Å². The zero-order chi connectivity index (χ0) is 21.9. The van der Waals surface area contributed by atoms with Gasteiger partial charge in [-0.1, -0.05) is 13.0 Å². The van der Waals surface area contributed by atoms with Gasteiger partial charge in [-0.25, -0.2) is 13.1 Å². The molecule has 3 rings (SSSR count). The van der Waals surface area contributed by atoms with E-state index in [2.05, 4.69) is 4.72 Å². The van der Waals surface area contributed by atoms with Gasteiger partial charge in [-0.15, -0.1) is 0 Å². The maximum atomic E-state index is 12.8. The van der Waals surface area contributed by atoms with E-state index in [1.807, 2.05) is 26.0 Å². The monoisotopic (exact) mass is 432 g/mol. The summed E-state index contributed by atoms with van der Waals surface area (Å²) in [5.41, 5.74) is 2.62. The van der Waals surface area contributed by atoms with Crippen LogP contribution >= 0.6 is 0 Å². The van der Waals surface area contributed by atoms with Crippen molar-refractivity contribution < 1.29 is 22.7 Å². The van der Waals surface area contributed by atoms with Gasteiger partial charge >= 0.3 is 0 Å². The summed E-state index contributed by atoms with van der Waals surface area (Å²) in [5.74, 6) is 1.28. The molecule has 0 spiro atoms. The molecule has 1 heterocycles. The summed E-state index contributed by atoms with van der Waals surface area (Å²) >= 11 is 0. The van der Waals surface area contributed by atoms with E-state index in [0.717, 1.165) is 16.8 Å². The molecule has 1 atom stereocenters. The number of hydrogen-bond acceptors (Lipinski definition) is 5. The van der Waals surface area contributed by atoms with E-state index >= 15 is 0 Å². The van der Waals surface area contributed by atoms with Gasteiger partial charge in [0.25, 0.3) is 0 Å². The van der Waals surface area contributed by atoms with E-state index in [4.69, 9.17) is 9.47 Å². The summed E-state index contributed by atoms with van der Waals surface area (Å²) in [6, 6.07) is 10.5. The molecule has 1 N–H and O–H groups in total. The van der Waals surface area contributed by atoms with Crippen molar-refractivity contribution in [2.45, 2.75) is 44.0 Å². The molecule has 1 amide bonds. The van der Waals surface area contributed by atoms with Gasteiger partial charge in [0.2, 0.25) is 15.9 Å². The van der Waals surface area contributed by atoms with Crippen molar-refractivity contribution in [2.75, 3.05) is 25.7 Å². The summed E-state index contributed by atoms with van der Waals surface area (Å²) in [5, 5.41) is 0. The predicted molar refractivity (Wildman–Crippen MR) is 116 cm³/mol. The van der Waals surface area contributed by atoms with Crippen LogP contribution in [0.2, 0.25) is 0 Å². The Kier molecular flexibility index (Phi) is 6.67. The lowest BCUT2D eigenvalue weighted by Gasteiger charge is -2.22. The average molecular weight is 433 g/mol. The smallest absolute Gasteiger partial charge is 0.240 e. The average Bonchev–Trinajstić information content (AvgIpc) is 3.07. The third kappa shape index (κ3) is 4.44. The molecule has 2 aromatic rings. The van der Waals surface area contributed by atoms with Gasteiger partial charge in [-0.3, -0.25) is 4.79 Å². The van der Waals surface area contributed by atoms with Crippen LogP contribution in [0.25, 0.3) is 0 Å². The van der Waals surface area contributed by atoms with Crippen molar-refractivity contribution in [3.63, 3.8) is 0 Å². The van der Waals surface area contributed by atoms with E-state index in [9.17, 15) is 13.2 Å². The molecule has 0 radical (unpaired) electrons. The van der Waals surface area contributed by atoms with Crippen molar-refractivity contribution in [2.24, 2.45) is 0 Å². The van der Waals surface area contributed by atoms with Crippen LogP contribution in [-0.4, -0.2) is 41.1 Å². The van der Waals surface area contributed by atoms with E-state index in [-0.39, 0.29) is 23.4 Å². The second-order valence-electron chi connectivity index (χ2n) is 7.30. The number of hydrogen-bond donors (Lipinski definition) is 1. The number of carbonyl (C=O) groups excluding carboxylic acids is 1. The largest absolute Gasteiger partial charge is 0.493 e. The fourth-order valence-corrected chi connectivity index (χ4v) is 4.86. The number of anilines is 1. The van der Waals surface area contributed by atoms with Crippen LogP contribution in [-0.2, 0) is 27.7 Å². The normalized spacial score (nSPS) is 15.7. The Hall–Kier alpha value is -2.58. The molecule has 0 aliphatic carbocycles. The van der Waals surface area contributed by atoms with E-state index in [1.54, 1.807) is 43.4 Å². The minimum Gasteiger partial charge on any atom is -0.493 e. The summed E-state index contributed by atoms with van der Waals surface area (Å²) in [7, 11) is -0.517. The van der Waals surface area contributed by atoms with E-state index in [1.165, 1.54) is 0 Å². The highest BCUT2D eigenvalue weighted by Gasteiger charge is 2.31. The van der Waals surface area contributed by atoms with Gasteiger partial charge in [0.05, 0.1) is 19.1 Å². The number of nitrogens with zero attached hydrogens (tertiary/aromatic N) is 1. The number of nitrogens with one attached hydrogen (secondary N) is 1. The lowest BCUT2D eigenvalue weighted by molar-refractivity contribution is -0.118. The van der Waals surface area contributed by atoms with Crippen LogP contribution < -0.4 is 19.1 Å². The molecule has 162 valence electrons. The fraction of sp³-hybridized carbons (Fsp3) is 0.409. The number of amides is 1. The Bertz CT molecular complexity index is 1040. The molecule has 0 aromatic heterocycles. The molecule has 1 aliphatic rings. The minimum absolute atomic E-state index is 0.0309. The molecular weight excluding hydrogens is 404 g/mol. The van der Waals surface area contributed by atoms with Gasteiger partial charge in [0, 0.05) is 24.7 Å². The van der Waals surface area contributed by atoms with Gasteiger partial charge in [0.15, 0.2) is 11.5 Å². The quantitative estimate of drug-likeness (QED) is 0.693. The third-order valence-corrected chi connectivity index (χ3v) is 6.76. The molecular formula is C22H28N2O5S. The number of fused-ring (bicyclic) bond motifs is 1. The van der Waals surface area contributed by atoms with Gasteiger partial charge in [-0.2, -0.15) is 0 Å². The minimum atomic E-state index is -3.65. The van der Waals surface area contributed by atoms with Crippen LogP contribution in [0.5, 0.6) is 11.5 Å². The lowest BCUT2D eigenvalue weighted by atomic mass is 10.1. The Morgan fingerprint density at radius 1 is 1.13 bits per heavy atom. The Morgan fingerprint density at radius 3 is 2.53 bits per heavy atom. The fourth-order valence-electron chi connectivity index (χ4n) is 3.77. The molecule has 1 aliphatic heterocycles. The predicted octanol–water partition coefficient (Wildman–Crippen LogP) is 2.91. The van der Waals surface area contributed by atoms with Crippen molar-refractivity contribution in [3.8, 4) is 11.5 Å². The summed E-state index contributed by atoms with van der Waals surface area (Å²) in [6.07, 6.45) is 1.58. The standard InChI is InChI=1S/C22H28N2O5S/c1-5-22(25)24-15(2)12-17-14-18(7-8-19(17)24)30(26,27)23-11-10-16-6-9-20(28-3)21(13-16)29-4/h6-9,13-15,23H,5,10-12H2,1-4H3. The molecule has 30 heavy (non-hydrogen) atoms. The second-order valence-corrected chi connectivity index (χ2v) is 9.07. The van der Waals surface area contributed by atoms with Gasteiger partial charge in [-0.05, 0) is 61.2 Å². The molecule has 0 saturated heterocycles. The lowest BCUT2D eigenvalue weighted by Crippen LogP contribution is -2.35. The summed E-state index contributed by atoms with van der Waals surface area (Å²) in [6.45, 7) is 4.06. The molecule has 1 unspecified atom stereocenters. The Balaban J connectivity index is 1.70. The first-order chi connectivity index (χ1) is 14.3. The van der Waals surface area contributed by atoms with Crippen LogP contribution in [0.3, 0.4) is 0 Å². The number of rotatable bonds is 8. The zero-order valence-electron chi connectivity index (χ0n) is 17.8. The van der Waals surface area contributed by atoms with Crippen molar-refractivity contribution in [1.29, 1.82) is 0 Å². The first-order valence-electron chi connectivity index (χ1n) is 9.96. The molecule has 8 heteroatoms. The van der Waals surface area contributed by atoms with Gasteiger partial charge < -0.3 is 14.4 Å². The SMILES string of the molecule is CCC(=O)N1c2ccc(S(=O)(=O)NCCc3ccc(OC)c(OC)c3)cc2CC1C. The summed E-state index contributed by atoms with van der Waals surface area (Å²) in [4.78, 5) is 14.2. The maximum Gasteiger partial charge on any atom is 0.240 e. The zero-order valence-corrected chi connectivity index (χ0v) is 18.6. The number of carbonyl (C=O) groups is 1. The highest BCUT2D eigenvalue weighted by atomic mass is 32.2. The second kappa shape index (κ2) is 9.06. The number of benzene rings is 2. The van der Waals surface area contributed by atoms with Crippen molar-refractivity contribution in [3.05, 3.63) is 47.5 Å². The molecule has 2 aromatic carbocycles. The van der Waals surface area contributed by atoms with Crippen LogP contribution in [0.15, 0.2) is 41.3 Å².